The van der Waals surface area contributed by atoms with Crippen LogP contribution in [0.2, 0.25) is 5.02 Å². The standard InChI is InChI=1S/C25H25ClN2O2S/c1-3-15-27(25(30)22-11-7-8-12-23(22)26)18-24(29)28(16-20-9-5-4-6-10-20)17-21-14-13-19(2)31-21/h3-14H,1,15-18H2,2H3. The average Bonchev–Trinajstić information content (AvgIpc) is 3.18. The molecule has 2 aromatic carbocycles. The summed E-state index contributed by atoms with van der Waals surface area (Å²) in [5.74, 6) is -0.414. The average molecular weight is 453 g/mol. The third-order valence-corrected chi connectivity index (χ3v) is 6.09. The molecule has 31 heavy (non-hydrogen) atoms. The molecule has 0 N–H and O–H groups in total. The fourth-order valence-electron chi connectivity index (χ4n) is 3.24. The number of amides is 2. The van der Waals surface area contributed by atoms with E-state index in [0.717, 1.165) is 10.4 Å². The van der Waals surface area contributed by atoms with Gasteiger partial charge in [0, 0.05) is 22.8 Å². The Morgan fingerprint density at radius 1 is 0.968 bits per heavy atom. The molecule has 0 aliphatic heterocycles. The number of nitrogens with zero attached hydrogens (tertiary/aromatic N) is 2. The number of carbonyl (C=O) groups excluding carboxylic acids is 2. The van der Waals surface area contributed by atoms with Gasteiger partial charge in [0.1, 0.15) is 6.54 Å². The zero-order valence-corrected chi connectivity index (χ0v) is 19.0. The molecule has 0 fully saturated rings. The van der Waals surface area contributed by atoms with Gasteiger partial charge < -0.3 is 9.80 Å². The molecular formula is C25H25ClN2O2S. The monoisotopic (exact) mass is 452 g/mol. The maximum atomic E-state index is 13.3. The first kappa shape index (κ1) is 22.8. The van der Waals surface area contributed by atoms with Gasteiger partial charge in [-0.2, -0.15) is 0 Å². The molecule has 1 aromatic heterocycles. The van der Waals surface area contributed by atoms with Crippen molar-refractivity contribution in [1.29, 1.82) is 0 Å². The zero-order chi connectivity index (χ0) is 22.2. The first-order chi connectivity index (χ1) is 15.0. The second-order valence-corrected chi connectivity index (χ2v) is 8.98. The molecule has 0 unspecified atom stereocenters. The molecule has 0 aliphatic carbocycles. The minimum atomic E-state index is -0.287. The van der Waals surface area contributed by atoms with Crippen LogP contribution in [0.5, 0.6) is 0 Å². The van der Waals surface area contributed by atoms with Crippen molar-refractivity contribution >= 4 is 34.8 Å². The summed E-state index contributed by atoms with van der Waals surface area (Å²) in [5.41, 5.74) is 1.42. The molecule has 0 aliphatic rings. The molecule has 4 nitrogen and oxygen atoms in total. The Morgan fingerprint density at radius 2 is 1.68 bits per heavy atom. The quantitative estimate of drug-likeness (QED) is 0.398. The van der Waals surface area contributed by atoms with Crippen molar-refractivity contribution in [3.05, 3.63) is 105 Å². The number of hydrogen-bond acceptors (Lipinski definition) is 3. The van der Waals surface area contributed by atoms with Crippen molar-refractivity contribution < 1.29 is 9.59 Å². The van der Waals surface area contributed by atoms with Crippen LogP contribution < -0.4 is 0 Å². The van der Waals surface area contributed by atoms with Gasteiger partial charge >= 0.3 is 0 Å². The Morgan fingerprint density at radius 3 is 2.32 bits per heavy atom. The highest BCUT2D eigenvalue weighted by Crippen LogP contribution is 2.20. The third kappa shape index (κ3) is 6.29. The maximum absolute atomic E-state index is 13.3. The van der Waals surface area contributed by atoms with Crippen LogP contribution in [-0.4, -0.2) is 34.7 Å². The predicted molar refractivity (Wildman–Crippen MR) is 127 cm³/mol. The number of carbonyl (C=O) groups is 2. The van der Waals surface area contributed by atoms with E-state index in [4.69, 9.17) is 11.6 Å². The van der Waals surface area contributed by atoms with Crippen LogP contribution in [0, 0.1) is 6.92 Å². The van der Waals surface area contributed by atoms with Crippen molar-refractivity contribution in [3.63, 3.8) is 0 Å². The number of hydrogen-bond donors (Lipinski definition) is 0. The van der Waals surface area contributed by atoms with E-state index < -0.39 is 0 Å². The highest BCUT2D eigenvalue weighted by atomic mass is 35.5. The van der Waals surface area contributed by atoms with Gasteiger partial charge in [-0.05, 0) is 36.8 Å². The van der Waals surface area contributed by atoms with E-state index in [9.17, 15) is 9.59 Å². The van der Waals surface area contributed by atoms with Crippen molar-refractivity contribution in [2.24, 2.45) is 0 Å². The van der Waals surface area contributed by atoms with Gasteiger partial charge in [-0.25, -0.2) is 0 Å². The van der Waals surface area contributed by atoms with Gasteiger partial charge in [0.15, 0.2) is 0 Å². The summed E-state index contributed by atoms with van der Waals surface area (Å²) in [4.78, 5) is 32.0. The molecule has 1 heterocycles. The summed E-state index contributed by atoms with van der Waals surface area (Å²) in [6.45, 7) is 6.96. The molecule has 6 heteroatoms. The van der Waals surface area contributed by atoms with E-state index in [1.165, 1.54) is 9.78 Å². The summed E-state index contributed by atoms with van der Waals surface area (Å²) in [6.07, 6.45) is 1.62. The molecule has 0 spiro atoms. The number of thiophene rings is 1. The topological polar surface area (TPSA) is 40.6 Å². The SMILES string of the molecule is C=CCN(CC(=O)N(Cc1ccccc1)Cc1ccc(C)s1)C(=O)c1ccccc1Cl. The van der Waals surface area contributed by atoms with E-state index in [2.05, 4.69) is 12.6 Å². The molecule has 0 radical (unpaired) electrons. The summed E-state index contributed by atoms with van der Waals surface area (Å²) < 4.78 is 0. The molecule has 2 amide bonds. The van der Waals surface area contributed by atoms with Gasteiger partial charge in [0.2, 0.25) is 5.91 Å². The molecule has 0 saturated heterocycles. The smallest absolute Gasteiger partial charge is 0.256 e. The largest absolute Gasteiger partial charge is 0.332 e. The number of benzene rings is 2. The van der Waals surface area contributed by atoms with Crippen LogP contribution in [-0.2, 0) is 17.9 Å². The summed E-state index contributed by atoms with van der Waals surface area (Å²) in [5, 5.41) is 0.365. The van der Waals surface area contributed by atoms with Crippen LogP contribution in [0.15, 0.2) is 79.4 Å². The maximum Gasteiger partial charge on any atom is 0.256 e. The molecule has 0 saturated carbocycles. The predicted octanol–water partition coefficient (Wildman–Crippen LogP) is 5.57. The fraction of sp³-hybridized carbons (Fsp3) is 0.200. The van der Waals surface area contributed by atoms with E-state index in [1.807, 2.05) is 43.3 Å². The van der Waals surface area contributed by atoms with E-state index in [0.29, 0.717) is 23.7 Å². The molecule has 3 rings (SSSR count). The number of rotatable bonds is 9. The first-order valence-electron chi connectivity index (χ1n) is 9.99. The van der Waals surface area contributed by atoms with Crippen LogP contribution in [0.25, 0.3) is 0 Å². The highest BCUT2D eigenvalue weighted by Gasteiger charge is 2.23. The summed E-state index contributed by atoms with van der Waals surface area (Å²) >= 11 is 7.88. The normalized spacial score (nSPS) is 10.5. The Labute approximate surface area is 192 Å². The molecule has 0 atom stereocenters. The molecule has 3 aromatic rings. The van der Waals surface area contributed by atoms with Crippen molar-refractivity contribution in [2.75, 3.05) is 13.1 Å². The van der Waals surface area contributed by atoms with Crippen LogP contribution >= 0.6 is 22.9 Å². The molecule has 0 bridgehead atoms. The zero-order valence-electron chi connectivity index (χ0n) is 17.5. The van der Waals surface area contributed by atoms with Crippen LogP contribution in [0.1, 0.15) is 25.7 Å². The van der Waals surface area contributed by atoms with Crippen LogP contribution in [0.3, 0.4) is 0 Å². The van der Waals surface area contributed by atoms with Crippen molar-refractivity contribution in [2.45, 2.75) is 20.0 Å². The Kier molecular flexibility index (Phi) is 8.04. The lowest BCUT2D eigenvalue weighted by atomic mass is 10.2. The fourth-order valence-corrected chi connectivity index (χ4v) is 4.36. The summed E-state index contributed by atoms with van der Waals surface area (Å²) in [7, 11) is 0. The molecule has 160 valence electrons. The minimum Gasteiger partial charge on any atom is -0.332 e. The van der Waals surface area contributed by atoms with Gasteiger partial charge in [0.05, 0.1) is 17.1 Å². The first-order valence-corrected chi connectivity index (χ1v) is 11.2. The van der Waals surface area contributed by atoms with E-state index in [1.54, 1.807) is 46.6 Å². The van der Waals surface area contributed by atoms with Gasteiger partial charge in [-0.1, -0.05) is 60.1 Å². The van der Waals surface area contributed by atoms with Crippen molar-refractivity contribution in [1.82, 2.24) is 9.80 Å². The highest BCUT2D eigenvalue weighted by molar-refractivity contribution is 7.11. The van der Waals surface area contributed by atoms with Crippen molar-refractivity contribution in [3.8, 4) is 0 Å². The Bertz CT molecular complexity index is 1050. The Balaban J connectivity index is 1.81. The van der Waals surface area contributed by atoms with E-state index in [-0.39, 0.29) is 24.9 Å². The minimum absolute atomic E-state index is 0.0483. The Hall–Kier alpha value is -2.89. The second-order valence-electron chi connectivity index (χ2n) is 7.20. The second kappa shape index (κ2) is 10.9. The van der Waals surface area contributed by atoms with Gasteiger partial charge in [-0.15, -0.1) is 17.9 Å². The van der Waals surface area contributed by atoms with Gasteiger partial charge in [-0.3, -0.25) is 9.59 Å². The number of aryl methyl sites for hydroxylation is 1. The van der Waals surface area contributed by atoms with Gasteiger partial charge in [0.25, 0.3) is 5.91 Å². The third-order valence-electron chi connectivity index (χ3n) is 4.78. The molecular weight excluding hydrogens is 428 g/mol. The lowest BCUT2D eigenvalue weighted by Gasteiger charge is -2.27. The lowest BCUT2D eigenvalue weighted by Crippen LogP contribution is -2.42. The van der Waals surface area contributed by atoms with E-state index >= 15 is 0 Å². The number of halogens is 1. The van der Waals surface area contributed by atoms with Crippen LogP contribution in [0.4, 0.5) is 0 Å². The lowest BCUT2D eigenvalue weighted by molar-refractivity contribution is -0.133. The summed E-state index contributed by atoms with van der Waals surface area (Å²) in [6, 6.07) is 20.8.